The van der Waals surface area contributed by atoms with E-state index in [1.54, 1.807) is 0 Å². The van der Waals surface area contributed by atoms with E-state index in [0.29, 0.717) is 19.3 Å². The number of halogens is 1. The lowest BCUT2D eigenvalue weighted by atomic mass is 10.2. The first kappa shape index (κ1) is 14.3. The summed E-state index contributed by atoms with van der Waals surface area (Å²) in [5, 5.41) is 3.29. The van der Waals surface area contributed by atoms with Crippen LogP contribution in [-0.4, -0.2) is 25.8 Å². The Morgan fingerprint density at radius 1 is 1.29 bits per heavy atom. The van der Waals surface area contributed by atoms with Crippen LogP contribution in [0.5, 0.6) is 5.75 Å². The standard InChI is InChI=1S/C13H19NO2.ClH/c1-2-15-12-5-3-11(4-6-12)10-16-13-7-8-14-9-13;/h3-6,13-14H,2,7-10H2,1H3;1H/t13-;/m1./s1. The first-order valence-electron chi connectivity index (χ1n) is 5.92. The zero-order chi connectivity index (χ0) is 11.2. The first-order valence-corrected chi connectivity index (χ1v) is 5.92. The van der Waals surface area contributed by atoms with Crippen LogP contribution in [0, 0.1) is 0 Å². The molecule has 1 aliphatic rings. The zero-order valence-corrected chi connectivity index (χ0v) is 11.0. The second kappa shape index (κ2) is 7.54. The lowest BCUT2D eigenvalue weighted by Gasteiger charge is -2.10. The molecule has 0 aromatic heterocycles. The minimum Gasteiger partial charge on any atom is -0.494 e. The third-order valence-corrected chi connectivity index (χ3v) is 2.74. The van der Waals surface area contributed by atoms with Crippen LogP contribution in [0.2, 0.25) is 0 Å². The van der Waals surface area contributed by atoms with Gasteiger partial charge in [-0.2, -0.15) is 0 Å². The molecule has 3 nitrogen and oxygen atoms in total. The molecule has 1 atom stereocenters. The number of benzene rings is 1. The molecule has 1 saturated heterocycles. The largest absolute Gasteiger partial charge is 0.494 e. The van der Waals surface area contributed by atoms with E-state index in [0.717, 1.165) is 25.3 Å². The van der Waals surface area contributed by atoms with Gasteiger partial charge in [-0.1, -0.05) is 12.1 Å². The number of hydrogen-bond acceptors (Lipinski definition) is 3. The molecule has 1 N–H and O–H groups in total. The Hall–Kier alpha value is -0.770. The fourth-order valence-electron chi connectivity index (χ4n) is 1.83. The van der Waals surface area contributed by atoms with Crippen LogP contribution < -0.4 is 10.1 Å². The van der Waals surface area contributed by atoms with Crippen LogP contribution >= 0.6 is 12.4 Å². The minimum absolute atomic E-state index is 0. The number of hydrogen-bond donors (Lipinski definition) is 1. The number of ether oxygens (including phenoxy) is 2. The Kier molecular flexibility index (Phi) is 6.34. The molecule has 0 unspecified atom stereocenters. The molecule has 0 spiro atoms. The maximum Gasteiger partial charge on any atom is 0.119 e. The molecular formula is C13H20ClNO2. The molecule has 0 saturated carbocycles. The molecule has 1 fully saturated rings. The predicted octanol–water partition coefficient (Wildman–Crippen LogP) is 2.39. The average molecular weight is 258 g/mol. The maximum atomic E-state index is 5.79. The molecule has 1 aliphatic heterocycles. The third kappa shape index (κ3) is 4.54. The van der Waals surface area contributed by atoms with Crippen molar-refractivity contribution in [3.63, 3.8) is 0 Å². The van der Waals surface area contributed by atoms with Crippen LogP contribution in [0.25, 0.3) is 0 Å². The van der Waals surface area contributed by atoms with E-state index < -0.39 is 0 Å². The van der Waals surface area contributed by atoms with Crippen molar-refractivity contribution in [1.82, 2.24) is 5.32 Å². The van der Waals surface area contributed by atoms with Gasteiger partial charge in [0.2, 0.25) is 0 Å². The predicted molar refractivity (Wildman–Crippen MR) is 70.9 cm³/mol. The summed E-state index contributed by atoms with van der Waals surface area (Å²) in [6, 6.07) is 8.12. The van der Waals surface area contributed by atoms with Crippen LogP contribution in [0.4, 0.5) is 0 Å². The van der Waals surface area contributed by atoms with Crippen molar-refractivity contribution < 1.29 is 9.47 Å². The summed E-state index contributed by atoms with van der Waals surface area (Å²) < 4.78 is 11.2. The maximum absolute atomic E-state index is 5.79. The lowest BCUT2D eigenvalue weighted by molar-refractivity contribution is 0.0542. The first-order chi connectivity index (χ1) is 7.88. The molecule has 0 bridgehead atoms. The Morgan fingerprint density at radius 2 is 2.06 bits per heavy atom. The van der Waals surface area contributed by atoms with Crippen molar-refractivity contribution in [1.29, 1.82) is 0 Å². The van der Waals surface area contributed by atoms with Gasteiger partial charge in [-0.25, -0.2) is 0 Å². The molecule has 4 heteroatoms. The second-order valence-corrected chi connectivity index (χ2v) is 4.00. The van der Waals surface area contributed by atoms with E-state index in [1.807, 2.05) is 19.1 Å². The van der Waals surface area contributed by atoms with Crippen LogP contribution in [0.3, 0.4) is 0 Å². The van der Waals surface area contributed by atoms with Crippen molar-refractivity contribution >= 4 is 12.4 Å². The molecule has 0 amide bonds. The summed E-state index contributed by atoms with van der Waals surface area (Å²) >= 11 is 0. The van der Waals surface area contributed by atoms with Crippen molar-refractivity contribution in [2.24, 2.45) is 0 Å². The van der Waals surface area contributed by atoms with Crippen LogP contribution in [-0.2, 0) is 11.3 Å². The summed E-state index contributed by atoms with van der Waals surface area (Å²) in [6.45, 7) is 5.46. The Bertz CT molecular complexity index is 310. The molecule has 1 aromatic carbocycles. The van der Waals surface area contributed by atoms with Gasteiger partial charge >= 0.3 is 0 Å². The van der Waals surface area contributed by atoms with E-state index in [4.69, 9.17) is 9.47 Å². The van der Waals surface area contributed by atoms with E-state index in [1.165, 1.54) is 5.56 Å². The van der Waals surface area contributed by atoms with Gasteiger partial charge in [0, 0.05) is 6.54 Å². The minimum atomic E-state index is 0. The lowest BCUT2D eigenvalue weighted by Crippen LogP contribution is -2.16. The Labute approximate surface area is 109 Å². The van der Waals surface area contributed by atoms with Gasteiger partial charge in [0.15, 0.2) is 0 Å². The quantitative estimate of drug-likeness (QED) is 0.879. The third-order valence-electron chi connectivity index (χ3n) is 2.74. The van der Waals surface area contributed by atoms with Crippen molar-refractivity contribution in [2.75, 3.05) is 19.7 Å². The zero-order valence-electron chi connectivity index (χ0n) is 10.1. The highest BCUT2D eigenvalue weighted by atomic mass is 35.5. The highest BCUT2D eigenvalue weighted by Gasteiger charge is 2.14. The summed E-state index contributed by atoms with van der Waals surface area (Å²) in [6.07, 6.45) is 1.50. The molecule has 1 aromatic rings. The number of rotatable bonds is 5. The highest BCUT2D eigenvalue weighted by Crippen LogP contribution is 2.14. The smallest absolute Gasteiger partial charge is 0.119 e. The molecule has 0 aliphatic carbocycles. The molecule has 1 heterocycles. The van der Waals surface area contributed by atoms with E-state index in [2.05, 4.69) is 17.4 Å². The number of nitrogens with one attached hydrogen (secondary N) is 1. The van der Waals surface area contributed by atoms with Gasteiger partial charge in [0.05, 0.1) is 19.3 Å². The molecule has 2 rings (SSSR count). The van der Waals surface area contributed by atoms with E-state index in [-0.39, 0.29) is 12.4 Å². The van der Waals surface area contributed by atoms with Crippen LogP contribution in [0.1, 0.15) is 18.9 Å². The van der Waals surface area contributed by atoms with Gasteiger partial charge in [-0.15, -0.1) is 12.4 Å². The van der Waals surface area contributed by atoms with Crippen LogP contribution in [0.15, 0.2) is 24.3 Å². The van der Waals surface area contributed by atoms with Gasteiger partial charge in [0.1, 0.15) is 5.75 Å². The van der Waals surface area contributed by atoms with Crippen molar-refractivity contribution in [2.45, 2.75) is 26.1 Å². The van der Waals surface area contributed by atoms with Gasteiger partial charge in [-0.05, 0) is 37.6 Å². The fraction of sp³-hybridized carbons (Fsp3) is 0.538. The Balaban J connectivity index is 0.00000144. The molecule has 17 heavy (non-hydrogen) atoms. The normalized spacial score (nSPS) is 18.8. The topological polar surface area (TPSA) is 30.5 Å². The summed E-state index contributed by atoms with van der Waals surface area (Å²) in [5.41, 5.74) is 1.20. The Morgan fingerprint density at radius 3 is 2.65 bits per heavy atom. The molecular weight excluding hydrogens is 238 g/mol. The summed E-state index contributed by atoms with van der Waals surface area (Å²) in [4.78, 5) is 0. The highest BCUT2D eigenvalue weighted by molar-refractivity contribution is 5.85. The average Bonchev–Trinajstić information content (AvgIpc) is 2.82. The van der Waals surface area contributed by atoms with Gasteiger partial charge < -0.3 is 14.8 Å². The van der Waals surface area contributed by atoms with Crippen molar-refractivity contribution in [3.8, 4) is 5.75 Å². The van der Waals surface area contributed by atoms with Crippen molar-refractivity contribution in [3.05, 3.63) is 29.8 Å². The second-order valence-electron chi connectivity index (χ2n) is 4.00. The van der Waals surface area contributed by atoms with E-state index >= 15 is 0 Å². The summed E-state index contributed by atoms with van der Waals surface area (Å²) in [5.74, 6) is 0.925. The van der Waals surface area contributed by atoms with E-state index in [9.17, 15) is 0 Å². The van der Waals surface area contributed by atoms with Gasteiger partial charge in [0.25, 0.3) is 0 Å². The SMILES string of the molecule is CCOc1ccc(CO[C@@H]2CCNC2)cc1.Cl. The monoisotopic (exact) mass is 257 g/mol. The fourth-order valence-corrected chi connectivity index (χ4v) is 1.83. The van der Waals surface area contributed by atoms with Gasteiger partial charge in [-0.3, -0.25) is 0 Å². The molecule has 96 valence electrons. The summed E-state index contributed by atoms with van der Waals surface area (Å²) in [7, 11) is 0. The molecule has 0 radical (unpaired) electrons.